The van der Waals surface area contributed by atoms with Gasteiger partial charge in [0.15, 0.2) is 0 Å². The largest absolute Gasteiger partial charge is 0.336 e. The lowest BCUT2D eigenvalue weighted by atomic mass is 10.1. The maximum absolute atomic E-state index is 12.7. The van der Waals surface area contributed by atoms with Gasteiger partial charge in [-0.15, -0.1) is 11.3 Å². The fourth-order valence-electron chi connectivity index (χ4n) is 2.88. The third kappa shape index (κ3) is 5.20. The van der Waals surface area contributed by atoms with Gasteiger partial charge in [0.2, 0.25) is 10.0 Å². The van der Waals surface area contributed by atoms with Crippen molar-refractivity contribution in [3.05, 3.63) is 51.2 Å². The second kappa shape index (κ2) is 7.96. The highest BCUT2D eigenvalue weighted by Crippen LogP contribution is 2.23. The fraction of sp³-hybridized carbons (Fsp3) is 0.353. The van der Waals surface area contributed by atoms with E-state index in [0.717, 1.165) is 30.2 Å². The standard InChI is InChI=1S/C17H20ClN3O3S2/c1-26(23,24)19-14-4-2-3-13(11-14)17(22)21-9-7-20(8-10-21)12-15-5-6-16(18)25-15/h2-6,11,19H,7-10,12H2,1H3. The van der Waals surface area contributed by atoms with Crippen molar-refractivity contribution in [2.75, 3.05) is 37.2 Å². The summed E-state index contributed by atoms with van der Waals surface area (Å²) in [5.74, 6) is -0.0824. The summed E-state index contributed by atoms with van der Waals surface area (Å²) in [6.45, 7) is 3.71. The summed E-state index contributed by atoms with van der Waals surface area (Å²) in [6, 6.07) is 10.5. The lowest BCUT2D eigenvalue weighted by Crippen LogP contribution is -2.48. The molecule has 2 aromatic rings. The van der Waals surface area contributed by atoms with Gasteiger partial charge in [-0.2, -0.15) is 0 Å². The molecule has 0 spiro atoms. The molecule has 1 aromatic heterocycles. The Hall–Kier alpha value is -1.61. The topological polar surface area (TPSA) is 69.7 Å². The van der Waals surface area contributed by atoms with Crippen LogP contribution in [0.1, 0.15) is 15.2 Å². The Morgan fingerprint density at radius 3 is 2.54 bits per heavy atom. The molecule has 0 aliphatic carbocycles. The summed E-state index contributed by atoms with van der Waals surface area (Å²) in [4.78, 5) is 18.0. The SMILES string of the molecule is CS(=O)(=O)Nc1cccc(C(=O)N2CCN(Cc3ccc(Cl)s3)CC2)c1. The molecule has 1 aliphatic rings. The van der Waals surface area contributed by atoms with Crippen molar-refractivity contribution in [3.63, 3.8) is 0 Å². The Balaban J connectivity index is 1.59. The van der Waals surface area contributed by atoms with Gasteiger partial charge in [-0.1, -0.05) is 17.7 Å². The van der Waals surface area contributed by atoms with Gasteiger partial charge >= 0.3 is 0 Å². The van der Waals surface area contributed by atoms with Crippen LogP contribution in [0.15, 0.2) is 36.4 Å². The van der Waals surface area contributed by atoms with Crippen LogP contribution in [0.5, 0.6) is 0 Å². The summed E-state index contributed by atoms with van der Waals surface area (Å²) in [6.07, 6.45) is 1.08. The van der Waals surface area contributed by atoms with E-state index in [-0.39, 0.29) is 5.91 Å². The number of thiophene rings is 1. The predicted octanol–water partition coefficient (Wildman–Crippen LogP) is 2.73. The first-order valence-corrected chi connectivity index (χ1v) is 11.2. The molecule has 0 unspecified atom stereocenters. The molecular weight excluding hydrogens is 394 g/mol. The van der Waals surface area contributed by atoms with Gasteiger partial charge < -0.3 is 4.90 Å². The highest BCUT2D eigenvalue weighted by atomic mass is 35.5. The van der Waals surface area contributed by atoms with Crippen LogP contribution in [0.2, 0.25) is 4.34 Å². The zero-order valence-corrected chi connectivity index (χ0v) is 16.7. The summed E-state index contributed by atoms with van der Waals surface area (Å²) in [5, 5.41) is 0. The minimum absolute atomic E-state index is 0.0824. The number of rotatable bonds is 5. The Labute approximate surface area is 162 Å². The molecule has 9 heteroatoms. The van der Waals surface area contributed by atoms with Crippen LogP contribution in [0.3, 0.4) is 0 Å². The molecule has 140 valence electrons. The molecule has 1 aromatic carbocycles. The molecule has 2 heterocycles. The van der Waals surface area contributed by atoms with E-state index < -0.39 is 10.0 Å². The van der Waals surface area contributed by atoms with Gasteiger partial charge in [-0.3, -0.25) is 14.4 Å². The van der Waals surface area contributed by atoms with E-state index in [1.165, 1.54) is 4.88 Å². The van der Waals surface area contributed by atoms with E-state index >= 15 is 0 Å². The number of benzene rings is 1. The first kappa shape index (κ1) is 19.2. The molecule has 1 N–H and O–H groups in total. The smallest absolute Gasteiger partial charge is 0.254 e. The molecule has 0 bridgehead atoms. The number of carbonyl (C=O) groups excluding carboxylic acids is 1. The number of nitrogens with one attached hydrogen (secondary N) is 1. The summed E-state index contributed by atoms with van der Waals surface area (Å²) < 4.78 is 25.9. The molecule has 3 rings (SSSR count). The molecule has 26 heavy (non-hydrogen) atoms. The Kier molecular flexibility index (Phi) is 5.86. The summed E-state index contributed by atoms with van der Waals surface area (Å²) >= 11 is 7.55. The van der Waals surface area contributed by atoms with Crippen LogP contribution >= 0.6 is 22.9 Å². The van der Waals surface area contributed by atoms with Crippen LogP contribution in [0.25, 0.3) is 0 Å². The number of carbonyl (C=O) groups is 1. The van der Waals surface area contributed by atoms with Crippen molar-refractivity contribution >= 4 is 44.6 Å². The number of hydrogen-bond acceptors (Lipinski definition) is 5. The Bertz CT molecular complexity index is 890. The fourth-order valence-corrected chi connectivity index (χ4v) is 4.56. The molecule has 1 fully saturated rings. The van der Waals surface area contributed by atoms with Crippen LogP contribution < -0.4 is 4.72 Å². The maximum Gasteiger partial charge on any atom is 0.254 e. The molecule has 1 amide bonds. The molecule has 0 atom stereocenters. The van der Waals surface area contributed by atoms with Crippen LogP contribution in [-0.4, -0.2) is 56.6 Å². The van der Waals surface area contributed by atoms with Crippen molar-refractivity contribution in [1.29, 1.82) is 0 Å². The van der Waals surface area contributed by atoms with Gasteiger partial charge in [-0.25, -0.2) is 8.42 Å². The lowest BCUT2D eigenvalue weighted by Gasteiger charge is -2.34. The molecular formula is C17H20ClN3O3S2. The monoisotopic (exact) mass is 413 g/mol. The zero-order valence-electron chi connectivity index (χ0n) is 14.3. The van der Waals surface area contributed by atoms with E-state index in [9.17, 15) is 13.2 Å². The average Bonchev–Trinajstić information content (AvgIpc) is 2.98. The van der Waals surface area contributed by atoms with Gasteiger partial charge in [0, 0.05) is 48.9 Å². The van der Waals surface area contributed by atoms with Crippen LogP contribution in [-0.2, 0) is 16.6 Å². The van der Waals surface area contributed by atoms with E-state index in [1.54, 1.807) is 40.5 Å². The maximum atomic E-state index is 12.7. The Morgan fingerprint density at radius 2 is 1.92 bits per heavy atom. The van der Waals surface area contributed by atoms with Gasteiger partial charge in [0.25, 0.3) is 5.91 Å². The highest BCUT2D eigenvalue weighted by Gasteiger charge is 2.22. The average molecular weight is 414 g/mol. The molecule has 0 saturated carbocycles. The molecule has 6 nitrogen and oxygen atoms in total. The second-order valence-corrected chi connectivity index (χ2v) is 9.78. The quantitative estimate of drug-likeness (QED) is 0.818. The van der Waals surface area contributed by atoms with Crippen LogP contribution in [0.4, 0.5) is 5.69 Å². The minimum atomic E-state index is -3.37. The predicted molar refractivity (Wildman–Crippen MR) is 105 cm³/mol. The van der Waals surface area contributed by atoms with Crippen molar-refractivity contribution in [1.82, 2.24) is 9.80 Å². The van der Waals surface area contributed by atoms with Crippen molar-refractivity contribution < 1.29 is 13.2 Å². The first-order chi connectivity index (χ1) is 12.3. The number of halogens is 1. The molecule has 1 saturated heterocycles. The normalized spacial score (nSPS) is 15.8. The van der Waals surface area contributed by atoms with Crippen molar-refractivity contribution in [2.24, 2.45) is 0 Å². The number of hydrogen-bond donors (Lipinski definition) is 1. The van der Waals surface area contributed by atoms with E-state index in [2.05, 4.69) is 9.62 Å². The van der Waals surface area contributed by atoms with E-state index in [0.29, 0.717) is 24.3 Å². The van der Waals surface area contributed by atoms with E-state index in [1.807, 2.05) is 12.1 Å². The first-order valence-electron chi connectivity index (χ1n) is 8.14. The van der Waals surface area contributed by atoms with Gasteiger partial charge in [-0.05, 0) is 30.3 Å². The van der Waals surface area contributed by atoms with Gasteiger partial charge in [0.1, 0.15) is 0 Å². The van der Waals surface area contributed by atoms with Crippen molar-refractivity contribution in [3.8, 4) is 0 Å². The number of piperazine rings is 1. The highest BCUT2D eigenvalue weighted by molar-refractivity contribution is 7.92. The summed E-state index contributed by atoms with van der Waals surface area (Å²) in [7, 11) is -3.37. The third-order valence-electron chi connectivity index (χ3n) is 4.08. The summed E-state index contributed by atoms with van der Waals surface area (Å²) in [5.41, 5.74) is 0.878. The minimum Gasteiger partial charge on any atom is -0.336 e. The lowest BCUT2D eigenvalue weighted by molar-refractivity contribution is 0.0629. The second-order valence-electron chi connectivity index (χ2n) is 6.23. The van der Waals surface area contributed by atoms with E-state index in [4.69, 9.17) is 11.6 Å². The molecule has 0 radical (unpaired) electrons. The zero-order chi connectivity index (χ0) is 18.7. The van der Waals surface area contributed by atoms with Crippen LogP contribution in [0, 0.1) is 0 Å². The van der Waals surface area contributed by atoms with Gasteiger partial charge in [0.05, 0.1) is 10.6 Å². The number of sulfonamides is 1. The number of amides is 1. The Morgan fingerprint density at radius 1 is 1.19 bits per heavy atom. The number of anilines is 1. The van der Waals surface area contributed by atoms with Crippen molar-refractivity contribution in [2.45, 2.75) is 6.54 Å². The number of nitrogens with zero attached hydrogens (tertiary/aromatic N) is 2. The third-order valence-corrected chi connectivity index (χ3v) is 5.90. The molecule has 1 aliphatic heterocycles.